The zero-order chi connectivity index (χ0) is 14.4. The number of carbonyl (C=O) groups is 2. The number of carbonyl (C=O) groups excluding carboxylic acids is 2. The number of hydrogen-bond acceptors (Lipinski definition) is 4. The summed E-state index contributed by atoms with van der Waals surface area (Å²) in [5.41, 5.74) is 0.409. The van der Waals surface area contributed by atoms with Crippen molar-refractivity contribution in [1.82, 2.24) is 10.3 Å². The van der Waals surface area contributed by atoms with Gasteiger partial charge < -0.3 is 10.6 Å². The number of aldehydes is 1. The maximum atomic E-state index is 11.8. The van der Waals surface area contributed by atoms with E-state index in [2.05, 4.69) is 15.6 Å². The normalized spacial score (nSPS) is 15.7. The molecule has 1 aromatic rings. The Hall–Kier alpha value is -1.62. The summed E-state index contributed by atoms with van der Waals surface area (Å²) in [5.74, 6) is 0.352. The molecule has 0 atom stereocenters. The predicted octanol–water partition coefficient (Wildman–Crippen LogP) is 2.41. The van der Waals surface area contributed by atoms with Gasteiger partial charge in [-0.3, -0.25) is 9.59 Å². The van der Waals surface area contributed by atoms with Crippen molar-refractivity contribution in [2.24, 2.45) is 0 Å². The van der Waals surface area contributed by atoms with Crippen molar-refractivity contribution in [2.75, 3.05) is 11.9 Å². The van der Waals surface area contributed by atoms with Crippen molar-refractivity contribution in [3.8, 4) is 0 Å². The summed E-state index contributed by atoms with van der Waals surface area (Å²) in [5, 5.41) is 6.22. The van der Waals surface area contributed by atoms with Crippen LogP contribution in [-0.4, -0.2) is 29.8 Å². The highest BCUT2D eigenvalue weighted by atomic mass is 35.5. The second-order valence-corrected chi connectivity index (χ2v) is 5.38. The molecule has 1 saturated carbocycles. The number of amides is 1. The lowest BCUT2D eigenvalue weighted by atomic mass is 9.95. The molecule has 5 nitrogen and oxygen atoms in total. The summed E-state index contributed by atoms with van der Waals surface area (Å²) in [6, 6.07) is 1.81. The van der Waals surface area contributed by atoms with Gasteiger partial charge in [-0.05, 0) is 18.9 Å². The van der Waals surface area contributed by atoms with E-state index in [0.717, 1.165) is 12.8 Å². The van der Waals surface area contributed by atoms with Crippen LogP contribution in [0.15, 0.2) is 12.3 Å². The smallest absolute Gasteiger partial charge is 0.239 e. The first-order valence-electron chi connectivity index (χ1n) is 6.83. The Morgan fingerprint density at radius 2 is 2.15 bits per heavy atom. The molecule has 1 amide bonds. The summed E-state index contributed by atoms with van der Waals surface area (Å²) in [7, 11) is 0. The number of aromatic nitrogens is 1. The SMILES string of the molecule is O=Cc1cnc(NCC(=O)NC2CCCCC2)c(Cl)c1. The lowest BCUT2D eigenvalue weighted by Gasteiger charge is -2.22. The Labute approximate surface area is 123 Å². The molecule has 108 valence electrons. The van der Waals surface area contributed by atoms with E-state index in [1.807, 2.05) is 0 Å². The Morgan fingerprint density at radius 1 is 1.40 bits per heavy atom. The van der Waals surface area contributed by atoms with Crippen LogP contribution in [0.2, 0.25) is 5.02 Å². The number of anilines is 1. The third-order valence-electron chi connectivity index (χ3n) is 3.39. The van der Waals surface area contributed by atoms with Crippen LogP contribution < -0.4 is 10.6 Å². The Balaban J connectivity index is 1.82. The highest BCUT2D eigenvalue weighted by Crippen LogP contribution is 2.19. The molecular weight excluding hydrogens is 278 g/mol. The molecule has 0 aliphatic heterocycles. The molecule has 1 aliphatic rings. The van der Waals surface area contributed by atoms with Crippen molar-refractivity contribution in [3.63, 3.8) is 0 Å². The molecule has 0 saturated heterocycles. The van der Waals surface area contributed by atoms with Gasteiger partial charge >= 0.3 is 0 Å². The van der Waals surface area contributed by atoms with E-state index in [9.17, 15) is 9.59 Å². The highest BCUT2D eigenvalue weighted by molar-refractivity contribution is 6.33. The van der Waals surface area contributed by atoms with Gasteiger partial charge in [-0.2, -0.15) is 0 Å². The first-order chi connectivity index (χ1) is 9.69. The number of hydrogen-bond donors (Lipinski definition) is 2. The van der Waals surface area contributed by atoms with Crippen molar-refractivity contribution >= 4 is 29.6 Å². The molecule has 0 radical (unpaired) electrons. The molecule has 20 heavy (non-hydrogen) atoms. The van der Waals surface area contributed by atoms with Gasteiger partial charge in [0.15, 0.2) is 6.29 Å². The van der Waals surface area contributed by atoms with Crippen molar-refractivity contribution in [2.45, 2.75) is 38.1 Å². The molecule has 2 rings (SSSR count). The zero-order valence-corrected chi connectivity index (χ0v) is 11.9. The average Bonchev–Trinajstić information content (AvgIpc) is 2.47. The van der Waals surface area contributed by atoms with Gasteiger partial charge in [-0.1, -0.05) is 30.9 Å². The molecule has 1 aliphatic carbocycles. The van der Waals surface area contributed by atoms with Crippen LogP contribution in [0.1, 0.15) is 42.5 Å². The lowest BCUT2D eigenvalue weighted by Crippen LogP contribution is -2.39. The quantitative estimate of drug-likeness (QED) is 0.818. The number of nitrogens with one attached hydrogen (secondary N) is 2. The van der Waals surface area contributed by atoms with Crippen LogP contribution in [0.3, 0.4) is 0 Å². The van der Waals surface area contributed by atoms with Gasteiger partial charge in [0.25, 0.3) is 0 Å². The number of nitrogens with zero attached hydrogens (tertiary/aromatic N) is 1. The number of rotatable bonds is 5. The number of halogens is 1. The predicted molar refractivity (Wildman–Crippen MR) is 78.1 cm³/mol. The summed E-state index contributed by atoms with van der Waals surface area (Å²) in [4.78, 5) is 26.4. The molecule has 0 spiro atoms. The minimum Gasteiger partial charge on any atom is -0.360 e. The van der Waals surface area contributed by atoms with Gasteiger partial charge in [0, 0.05) is 17.8 Å². The second-order valence-electron chi connectivity index (χ2n) is 4.97. The molecule has 2 N–H and O–H groups in total. The Bertz CT molecular complexity index is 487. The largest absolute Gasteiger partial charge is 0.360 e. The molecule has 0 unspecified atom stereocenters. The van der Waals surface area contributed by atoms with Crippen LogP contribution in [0.5, 0.6) is 0 Å². The molecular formula is C14H18ClN3O2. The summed E-state index contributed by atoms with van der Waals surface area (Å²) in [6.07, 6.45) is 7.82. The van der Waals surface area contributed by atoms with Crippen LogP contribution >= 0.6 is 11.6 Å². The standard InChI is InChI=1S/C14H18ClN3O2/c15-12-6-10(9-19)7-16-14(12)17-8-13(20)18-11-4-2-1-3-5-11/h6-7,9,11H,1-5,8H2,(H,16,17)(H,18,20). The monoisotopic (exact) mass is 295 g/mol. The van der Waals surface area contributed by atoms with E-state index in [4.69, 9.17) is 11.6 Å². The maximum absolute atomic E-state index is 11.8. The van der Waals surface area contributed by atoms with Crippen molar-refractivity contribution < 1.29 is 9.59 Å². The van der Waals surface area contributed by atoms with Crippen LogP contribution in [0, 0.1) is 0 Å². The fraction of sp³-hybridized carbons (Fsp3) is 0.500. The van der Waals surface area contributed by atoms with E-state index < -0.39 is 0 Å². The third kappa shape index (κ3) is 4.20. The van der Waals surface area contributed by atoms with E-state index >= 15 is 0 Å². The Kier molecular flexibility index (Phi) is 5.35. The average molecular weight is 296 g/mol. The maximum Gasteiger partial charge on any atom is 0.239 e. The third-order valence-corrected chi connectivity index (χ3v) is 3.67. The Morgan fingerprint density at radius 3 is 2.80 bits per heavy atom. The fourth-order valence-corrected chi connectivity index (χ4v) is 2.58. The van der Waals surface area contributed by atoms with Crippen molar-refractivity contribution in [3.05, 3.63) is 22.8 Å². The fourth-order valence-electron chi connectivity index (χ4n) is 2.34. The molecule has 0 bridgehead atoms. The van der Waals surface area contributed by atoms with Gasteiger partial charge in [0.2, 0.25) is 5.91 Å². The summed E-state index contributed by atoms with van der Waals surface area (Å²) in [6.45, 7) is 0.129. The minimum absolute atomic E-state index is 0.0609. The molecule has 0 aromatic carbocycles. The molecule has 1 fully saturated rings. The van der Waals surface area contributed by atoms with E-state index in [0.29, 0.717) is 28.7 Å². The first kappa shape index (κ1) is 14.8. The van der Waals surface area contributed by atoms with Gasteiger partial charge in [-0.25, -0.2) is 4.98 Å². The van der Waals surface area contributed by atoms with E-state index in [-0.39, 0.29) is 12.5 Å². The lowest BCUT2D eigenvalue weighted by molar-refractivity contribution is -0.120. The van der Waals surface area contributed by atoms with Crippen LogP contribution in [0.4, 0.5) is 5.82 Å². The molecule has 6 heteroatoms. The minimum atomic E-state index is -0.0609. The first-order valence-corrected chi connectivity index (χ1v) is 7.21. The summed E-state index contributed by atoms with van der Waals surface area (Å²) < 4.78 is 0. The van der Waals surface area contributed by atoms with E-state index in [1.165, 1.54) is 31.5 Å². The topological polar surface area (TPSA) is 71.1 Å². The van der Waals surface area contributed by atoms with Gasteiger partial charge in [0.05, 0.1) is 11.6 Å². The molecule has 1 aromatic heterocycles. The zero-order valence-electron chi connectivity index (χ0n) is 11.2. The highest BCUT2D eigenvalue weighted by Gasteiger charge is 2.15. The van der Waals surface area contributed by atoms with Crippen LogP contribution in [0.25, 0.3) is 0 Å². The summed E-state index contributed by atoms with van der Waals surface area (Å²) >= 11 is 5.97. The van der Waals surface area contributed by atoms with Gasteiger partial charge in [-0.15, -0.1) is 0 Å². The molecule has 1 heterocycles. The van der Waals surface area contributed by atoms with E-state index in [1.54, 1.807) is 0 Å². The van der Waals surface area contributed by atoms with Gasteiger partial charge in [0.1, 0.15) is 5.82 Å². The van der Waals surface area contributed by atoms with Crippen molar-refractivity contribution in [1.29, 1.82) is 0 Å². The number of pyridine rings is 1. The van der Waals surface area contributed by atoms with Crippen LogP contribution in [-0.2, 0) is 4.79 Å². The second kappa shape index (κ2) is 7.24.